The first-order valence-electron chi connectivity index (χ1n) is 9.50. The van der Waals surface area contributed by atoms with Crippen LogP contribution in [0.4, 0.5) is 0 Å². The number of nitrogens with zero attached hydrogens (tertiary/aromatic N) is 2. The monoisotopic (exact) mass is 403 g/mol. The Labute approximate surface area is 172 Å². The highest BCUT2D eigenvalue weighted by Crippen LogP contribution is 2.18. The first-order chi connectivity index (χ1) is 14.6. The van der Waals surface area contributed by atoms with Crippen LogP contribution >= 0.6 is 0 Å². The number of hydrogen-bond donors (Lipinski definition) is 1. The molecule has 0 bridgehead atoms. The second kappa shape index (κ2) is 8.24. The predicted molar refractivity (Wildman–Crippen MR) is 113 cm³/mol. The van der Waals surface area contributed by atoms with Crippen LogP contribution in [0.5, 0.6) is 5.75 Å². The minimum Gasteiger partial charge on any atom is -0.496 e. The molecule has 3 aromatic heterocycles. The Morgan fingerprint density at radius 2 is 2.03 bits per heavy atom. The van der Waals surface area contributed by atoms with Crippen LogP contribution in [0.15, 0.2) is 70.2 Å². The van der Waals surface area contributed by atoms with Crippen molar-refractivity contribution in [3.05, 3.63) is 93.9 Å². The average Bonchev–Trinajstić information content (AvgIpc) is 3.27. The third-order valence-electron chi connectivity index (χ3n) is 4.93. The molecule has 152 valence electrons. The number of ether oxygens (including phenoxy) is 1. The Morgan fingerprint density at radius 3 is 2.80 bits per heavy atom. The van der Waals surface area contributed by atoms with E-state index in [-0.39, 0.29) is 11.5 Å². The molecule has 0 saturated carbocycles. The number of aromatic nitrogens is 2. The molecule has 0 radical (unpaired) electrons. The van der Waals surface area contributed by atoms with Gasteiger partial charge in [-0.1, -0.05) is 18.2 Å². The second-order valence-electron chi connectivity index (χ2n) is 6.88. The van der Waals surface area contributed by atoms with Gasteiger partial charge >= 0.3 is 0 Å². The maximum absolute atomic E-state index is 12.9. The van der Waals surface area contributed by atoms with E-state index >= 15 is 0 Å². The maximum atomic E-state index is 12.9. The fourth-order valence-corrected chi connectivity index (χ4v) is 3.35. The van der Waals surface area contributed by atoms with E-state index in [1.54, 1.807) is 50.8 Å². The fourth-order valence-electron chi connectivity index (χ4n) is 3.35. The van der Waals surface area contributed by atoms with Crippen LogP contribution in [0, 0.1) is 6.92 Å². The minimum absolute atomic E-state index is 0.227. The van der Waals surface area contributed by atoms with E-state index in [1.807, 2.05) is 24.3 Å². The SMILES string of the molecule is COc1ccccc1CNC(=O)c1cc2c(=O)n(Cc3ccco3)ccc2nc1C. The van der Waals surface area contributed by atoms with Crippen molar-refractivity contribution >= 4 is 16.8 Å². The van der Waals surface area contributed by atoms with Crippen molar-refractivity contribution in [3.63, 3.8) is 0 Å². The molecule has 1 N–H and O–H groups in total. The van der Waals surface area contributed by atoms with Crippen LogP contribution in [0.25, 0.3) is 10.9 Å². The van der Waals surface area contributed by atoms with Crippen LogP contribution in [-0.4, -0.2) is 22.6 Å². The zero-order chi connectivity index (χ0) is 21.1. The molecule has 0 aliphatic heterocycles. The Kier molecular flexibility index (Phi) is 5.34. The van der Waals surface area contributed by atoms with E-state index in [2.05, 4.69) is 10.3 Å². The lowest BCUT2D eigenvalue weighted by Crippen LogP contribution is -2.25. The second-order valence-corrected chi connectivity index (χ2v) is 6.88. The van der Waals surface area contributed by atoms with Gasteiger partial charge < -0.3 is 19.0 Å². The van der Waals surface area contributed by atoms with Gasteiger partial charge in [-0.2, -0.15) is 0 Å². The Hall–Kier alpha value is -3.87. The molecule has 4 aromatic rings. The first-order valence-corrected chi connectivity index (χ1v) is 9.50. The smallest absolute Gasteiger partial charge is 0.260 e. The van der Waals surface area contributed by atoms with Gasteiger partial charge in [0.15, 0.2) is 0 Å². The quantitative estimate of drug-likeness (QED) is 0.534. The number of carbonyl (C=O) groups is 1. The summed E-state index contributed by atoms with van der Waals surface area (Å²) in [6.07, 6.45) is 3.25. The van der Waals surface area contributed by atoms with Crippen molar-refractivity contribution in [2.24, 2.45) is 0 Å². The predicted octanol–water partition coefficient (Wildman–Crippen LogP) is 3.28. The zero-order valence-electron chi connectivity index (χ0n) is 16.7. The van der Waals surface area contributed by atoms with Crippen molar-refractivity contribution in [2.45, 2.75) is 20.0 Å². The number of hydrogen-bond acceptors (Lipinski definition) is 5. The molecule has 4 rings (SSSR count). The highest BCUT2D eigenvalue weighted by atomic mass is 16.5. The molecule has 1 amide bonds. The standard InChI is InChI=1S/C23H21N3O4/c1-15-18(22(27)24-13-16-6-3-4-8-21(16)29-2)12-19-20(25-15)9-10-26(23(19)28)14-17-7-5-11-30-17/h3-12H,13-14H2,1-2H3,(H,24,27). The highest BCUT2D eigenvalue weighted by Gasteiger charge is 2.15. The van der Waals surface area contributed by atoms with E-state index < -0.39 is 0 Å². The molecule has 0 aliphatic carbocycles. The maximum Gasteiger partial charge on any atom is 0.260 e. The van der Waals surface area contributed by atoms with Crippen molar-refractivity contribution in [2.75, 3.05) is 7.11 Å². The van der Waals surface area contributed by atoms with E-state index in [4.69, 9.17) is 9.15 Å². The summed E-state index contributed by atoms with van der Waals surface area (Å²) in [5.74, 6) is 1.08. The minimum atomic E-state index is -0.298. The number of fused-ring (bicyclic) bond motifs is 1. The van der Waals surface area contributed by atoms with Gasteiger partial charge in [-0.15, -0.1) is 0 Å². The number of furan rings is 1. The van der Waals surface area contributed by atoms with Gasteiger partial charge in [-0.25, -0.2) is 0 Å². The molecule has 0 atom stereocenters. The molecule has 0 aliphatic rings. The number of rotatable bonds is 6. The summed E-state index contributed by atoms with van der Waals surface area (Å²) in [7, 11) is 1.59. The van der Waals surface area contributed by atoms with Crippen LogP contribution in [0.2, 0.25) is 0 Å². The number of para-hydroxylation sites is 1. The Bertz CT molecular complexity index is 1260. The number of amides is 1. The lowest BCUT2D eigenvalue weighted by Gasteiger charge is -2.12. The van der Waals surface area contributed by atoms with Crippen LogP contribution in [0.1, 0.15) is 27.4 Å². The fraction of sp³-hybridized carbons (Fsp3) is 0.174. The van der Waals surface area contributed by atoms with Crippen LogP contribution in [-0.2, 0) is 13.1 Å². The molecule has 0 unspecified atom stereocenters. The molecule has 1 aromatic carbocycles. The molecule has 7 heteroatoms. The van der Waals surface area contributed by atoms with Crippen molar-refractivity contribution in [3.8, 4) is 5.75 Å². The van der Waals surface area contributed by atoms with Gasteiger partial charge in [0.1, 0.15) is 11.5 Å². The summed E-state index contributed by atoms with van der Waals surface area (Å²) >= 11 is 0. The van der Waals surface area contributed by atoms with E-state index in [0.29, 0.717) is 46.8 Å². The third kappa shape index (κ3) is 3.82. The zero-order valence-corrected chi connectivity index (χ0v) is 16.7. The first kappa shape index (κ1) is 19.4. The molecule has 0 fully saturated rings. The lowest BCUT2D eigenvalue weighted by molar-refractivity contribution is 0.0950. The van der Waals surface area contributed by atoms with E-state index in [9.17, 15) is 9.59 Å². The number of aryl methyl sites for hydroxylation is 1. The van der Waals surface area contributed by atoms with Crippen molar-refractivity contribution < 1.29 is 13.9 Å². The average molecular weight is 403 g/mol. The third-order valence-corrected chi connectivity index (χ3v) is 4.93. The number of methoxy groups -OCH3 is 1. The van der Waals surface area contributed by atoms with E-state index in [1.165, 1.54) is 4.57 Å². The molecule has 3 heterocycles. The summed E-state index contributed by atoms with van der Waals surface area (Å²) in [5.41, 5.74) is 2.11. The van der Waals surface area contributed by atoms with E-state index in [0.717, 1.165) is 5.56 Å². The summed E-state index contributed by atoms with van der Waals surface area (Å²) in [5, 5.41) is 3.27. The van der Waals surface area contributed by atoms with Crippen molar-refractivity contribution in [1.82, 2.24) is 14.9 Å². The van der Waals surface area contributed by atoms with Gasteiger partial charge in [0, 0.05) is 18.3 Å². The number of nitrogens with one attached hydrogen (secondary N) is 1. The van der Waals surface area contributed by atoms with Gasteiger partial charge in [0.25, 0.3) is 11.5 Å². The number of carbonyl (C=O) groups excluding carboxylic acids is 1. The van der Waals surface area contributed by atoms with Gasteiger partial charge in [0.2, 0.25) is 0 Å². The molecule has 0 saturated heterocycles. The summed E-state index contributed by atoms with van der Waals surface area (Å²) in [4.78, 5) is 30.2. The normalized spacial score (nSPS) is 10.9. The molecule has 30 heavy (non-hydrogen) atoms. The molecular formula is C23H21N3O4. The lowest BCUT2D eigenvalue weighted by atomic mass is 10.1. The number of benzene rings is 1. The Balaban J connectivity index is 1.63. The molecular weight excluding hydrogens is 382 g/mol. The Morgan fingerprint density at radius 1 is 1.20 bits per heavy atom. The summed E-state index contributed by atoms with van der Waals surface area (Å²) in [6.45, 7) is 2.37. The summed E-state index contributed by atoms with van der Waals surface area (Å²) in [6, 6.07) is 14.4. The molecule has 7 nitrogen and oxygen atoms in total. The van der Waals surface area contributed by atoms with Gasteiger partial charge in [-0.3, -0.25) is 14.6 Å². The topological polar surface area (TPSA) is 86.4 Å². The van der Waals surface area contributed by atoms with Crippen molar-refractivity contribution in [1.29, 1.82) is 0 Å². The highest BCUT2D eigenvalue weighted by molar-refractivity contribution is 5.98. The molecule has 0 spiro atoms. The largest absolute Gasteiger partial charge is 0.496 e. The number of pyridine rings is 2. The van der Waals surface area contributed by atoms with Gasteiger partial charge in [0.05, 0.1) is 42.1 Å². The van der Waals surface area contributed by atoms with Crippen LogP contribution in [0.3, 0.4) is 0 Å². The van der Waals surface area contributed by atoms with Gasteiger partial charge in [-0.05, 0) is 37.3 Å². The van der Waals surface area contributed by atoms with Crippen LogP contribution < -0.4 is 15.6 Å². The summed E-state index contributed by atoms with van der Waals surface area (Å²) < 4.78 is 12.2.